The first-order valence-corrected chi connectivity index (χ1v) is 8.56. The normalized spacial score (nSPS) is 10.6. The average molecular weight is 331 g/mol. The number of esters is 1. The van der Waals surface area contributed by atoms with E-state index in [0.717, 1.165) is 24.0 Å². The zero-order valence-electron chi connectivity index (χ0n) is 13.6. The highest BCUT2D eigenvalue weighted by atomic mass is 32.1. The maximum Gasteiger partial charge on any atom is 0.341 e. The molecule has 0 spiro atoms. The van der Waals surface area contributed by atoms with Gasteiger partial charge in [0.25, 0.3) is 0 Å². The number of hydrogen-bond acceptors (Lipinski definition) is 4. The maximum absolute atomic E-state index is 12.3. The first kappa shape index (κ1) is 17.2. The molecule has 4 nitrogen and oxygen atoms in total. The Morgan fingerprint density at radius 2 is 1.83 bits per heavy atom. The molecule has 0 fully saturated rings. The lowest BCUT2D eigenvalue weighted by atomic mass is 10.0. The van der Waals surface area contributed by atoms with Gasteiger partial charge in [0.05, 0.1) is 7.11 Å². The molecule has 1 amide bonds. The van der Waals surface area contributed by atoms with Crippen LogP contribution in [-0.4, -0.2) is 19.0 Å². The highest BCUT2D eigenvalue weighted by Gasteiger charge is 2.24. The molecule has 1 aromatic heterocycles. The molecular weight excluding hydrogens is 310 g/mol. The highest BCUT2D eigenvalue weighted by Crippen LogP contribution is 2.36. The van der Waals surface area contributed by atoms with Gasteiger partial charge in [-0.05, 0) is 18.4 Å². The minimum atomic E-state index is -0.440. The molecule has 0 saturated carbocycles. The zero-order chi connectivity index (χ0) is 16.8. The van der Waals surface area contributed by atoms with E-state index in [4.69, 9.17) is 4.74 Å². The van der Waals surface area contributed by atoms with Crippen molar-refractivity contribution in [1.82, 2.24) is 0 Å². The largest absolute Gasteiger partial charge is 0.465 e. The number of amides is 1. The molecule has 0 aliphatic rings. The van der Waals surface area contributed by atoms with Gasteiger partial charge < -0.3 is 10.1 Å². The SMILES string of the molecule is CCC(CC)C(=O)Nc1scc(-c2ccccc2)c1C(=O)OC. The lowest BCUT2D eigenvalue weighted by Crippen LogP contribution is -2.22. The molecule has 122 valence electrons. The molecule has 23 heavy (non-hydrogen) atoms. The summed E-state index contributed by atoms with van der Waals surface area (Å²) in [5.74, 6) is -0.547. The van der Waals surface area contributed by atoms with Crippen LogP contribution in [0.4, 0.5) is 5.00 Å². The van der Waals surface area contributed by atoms with Crippen molar-refractivity contribution in [1.29, 1.82) is 0 Å². The summed E-state index contributed by atoms with van der Waals surface area (Å²) >= 11 is 1.35. The molecule has 0 atom stereocenters. The number of ether oxygens (including phenoxy) is 1. The van der Waals surface area contributed by atoms with Crippen LogP contribution in [0, 0.1) is 5.92 Å². The van der Waals surface area contributed by atoms with Gasteiger partial charge in [-0.1, -0.05) is 44.2 Å². The molecular formula is C18H21NO3S. The molecule has 2 aromatic rings. The molecule has 1 N–H and O–H groups in total. The van der Waals surface area contributed by atoms with E-state index in [2.05, 4.69) is 5.32 Å². The van der Waals surface area contributed by atoms with E-state index in [1.165, 1.54) is 18.4 Å². The number of benzene rings is 1. The van der Waals surface area contributed by atoms with Gasteiger partial charge in [-0.3, -0.25) is 4.79 Å². The van der Waals surface area contributed by atoms with Crippen LogP contribution in [0.2, 0.25) is 0 Å². The minimum Gasteiger partial charge on any atom is -0.465 e. The third kappa shape index (κ3) is 3.79. The quantitative estimate of drug-likeness (QED) is 0.789. The first-order chi connectivity index (χ1) is 11.1. The van der Waals surface area contributed by atoms with Crippen molar-refractivity contribution in [3.63, 3.8) is 0 Å². The maximum atomic E-state index is 12.3. The average Bonchev–Trinajstić information content (AvgIpc) is 2.99. The summed E-state index contributed by atoms with van der Waals surface area (Å²) in [6, 6.07) is 9.61. The van der Waals surface area contributed by atoms with Crippen LogP contribution in [0.15, 0.2) is 35.7 Å². The van der Waals surface area contributed by atoms with Crippen LogP contribution < -0.4 is 5.32 Å². The fourth-order valence-electron chi connectivity index (χ4n) is 2.46. The summed E-state index contributed by atoms with van der Waals surface area (Å²) in [7, 11) is 1.35. The Morgan fingerprint density at radius 1 is 1.17 bits per heavy atom. The van der Waals surface area contributed by atoms with Gasteiger partial charge in [0.1, 0.15) is 10.6 Å². The summed E-state index contributed by atoms with van der Waals surface area (Å²) in [5, 5.41) is 5.32. The van der Waals surface area contributed by atoms with Crippen molar-refractivity contribution in [2.75, 3.05) is 12.4 Å². The smallest absolute Gasteiger partial charge is 0.341 e. The topological polar surface area (TPSA) is 55.4 Å². The molecule has 0 aliphatic heterocycles. The lowest BCUT2D eigenvalue weighted by molar-refractivity contribution is -0.120. The number of rotatable bonds is 6. The number of hydrogen-bond donors (Lipinski definition) is 1. The van der Waals surface area contributed by atoms with Crippen LogP contribution in [-0.2, 0) is 9.53 Å². The fraction of sp³-hybridized carbons (Fsp3) is 0.333. The van der Waals surface area contributed by atoms with Crippen molar-refractivity contribution in [3.05, 3.63) is 41.3 Å². The van der Waals surface area contributed by atoms with Gasteiger partial charge >= 0.3 is 5.97 Å². The van der Waals surface area contributed by atoms with E-state index in [-0.39, 0.29) is 11.8 Å². The standard InChI is InChI=1S/C18H21NO3S/c1-4-12(5-2)16(20)19-17-15(18(21)22-3)14(11-23-17)13-9-7-6-8-10-13/h6-12H,4-5H2,1-3H3,(H,19,20). The van der Waals surface area contributed by atoms with Gasteiger partial charge in [-0.15, -0.1) is 11.3 Å². The Bertz CT molecular complexity index is 675. The molecule has 2 rings (SSSR count). The minimum absolute atomic E-state index is 0.0530. The van der Waals surface area contributed by atoms with Gasteiger partial charge in [0.2, 0.25) is 5.91 Å². The van der Waals surface area contributed by atoms with Crippen LogP contribution in [0.5, 0.6) is 0 Å². The molecule has 0 bridgehead atoms. The van der Waals surface area contributed by atoms with Gasteiger partial charge in [-0.2, -0.15) is 0 Å². The fourth-order valence-corrected chi connectivity index (χ4v) is 3.42. The summed E-state index contributed by atoms with van der Waals surface area (Å²) in [6.07, 6.45) is 1.54. The monoisotopic (exact) mass is 331 g/mol. The number of carbonyl (C=O) groups excluding carboxylic acids is 2. The number of nitrogens with one attached hydrogen (secondary N) is 1. The number of anilines is 1. The van der Waals surface area contributed by atoms with E-state index in [1.54, 1.807) is 0 Å². The zero-order valence-corrected chi connectivity index (χ0v) is 14.4. The molecule has 1 aromatic carbocycles. The van der Waals surface area contributed by atoms with E-state index < -0.39 is 5.97 Å². The second kappa shape index (κ2) is 7.92. The van der Waals surface area contributed by atoms with Crippen molar-refractivity contribution in [2.24, 2.45) is 5.92 Å². The van der Waals surface area contributed by atoms with E-state index in [9.17, 15) is 9.59 Å². The first-order valence-electron chi connectivity index (χ1n) is 7.68. The molecule has 0 aliphatic carbocycles. The van der Waals surface area contributed by atoms with Crippen molar-refractivity contribution in [2.45, 2.75) is 26.7 Å². The highest BCUT2D eigenvalue weighted by molar-refractivity contribution is 7.15. The van der Waals surface area contributed by atoms with E-state index in [0.29, 0.717) is 10.6 Å². The Labute approximate surface area is 140 Å². The summed E-state index contributed by atoms with van der Waals surface area (Å²) in [4.78, 5) is 24.5. The summed E-state index contributed by atoms with van der Waals surface area (Å²) in [6.45, 7) is 3.97. The van der Waals surface area contributed by atoms with Crippen molar-refractivity contribution in [3.8, 4) is 11.1 Å². The van der Waals surface area contributed by atoms with Crippen LogP contribution >= 0.6 is 11.3 Å². The van der Waals surface area contributed by atoms with Gasteiger partial charge in [0.15, 0.2) is 0 Å². The van der Waals surface area contributed by atoms with Crippen LogP contribution in [0.3, 0.4) is 0 Å². The third-order valence-corrected chi connectivity index (χ3v) is 4.75. The molecule has 0 unspecified atom stereocenters. The van der Waals surface area contributed by atoms with Gasteiger partial charge in [0, 0.05) is 16.9 Å². The Balaban J connectivity index is 2.39. The van der Waals surface area contributed by atoms with Crippen LogP contribution in [0.25, 0.3) is 11.1 Å². The molecule has 0 saturated heterocycles. The predicted molar refractivity (Wildman–Crippen MR) is 93.8 cm³/mol. The Morgan fingerprint density at radius 3 is 2.39 bits per heavy atom. The Kier molecular flexibility index (Phi) is 5.93. The Hall–Kier alpha value is -2.14. The second-order valence-corrected chi connectivity index (χ2v) is 6.09. The summed E-state index contributed by atoms with van der Waals surface area (Å²) < 4.78 is 4.91. The predicted octanol–water partition coefficient (Wildman–Crippen LogP) is 4.58. The molecule has 0 radical (unpaired) electrons. The lowest BCUT2D eigenvalue weighted by Gasteiger charge is -2.13. The van der Waals surface area contributed by atoms with Gasteiger partial charge in [-0.25, -0.2) is 4.79 Å². The number of methoxy groups -OCH3 is 1. The molecule has 5 heteroatoms. The number of thiophene rings is 1. The summed E-state index contributed by atoms with van der Waals surface area (Å²) in [5.41, 5.74) is 2.12. The van der Waals surface area contributed by atoms with Crippen molar-refractivity contribution >= 4 is 28.2 Å². The molecule has 1 heterocycles. The van der Waals surface area contributed by atoms with Crippen LogP contribution in [0.1, 0.15) is 37.0 Å². The van der Waals surface area contributed by atoms with Crippen molar-refractivity contribution < 1.29 is 14.3 Å². The second-order valence-electron chi connectivity index (χ2n) is 5.21. The van der Waals surface area contributed by atoms with E-state index >= 15 is 0 Å². The van der Waals surface area contributed by atoms with E-state index in [1.807, 2.05) is 49.6 Å². The number of carbonyl (C=O) groups is 2. The third-order valence-electron chi connectivity index (χ3n) is 3.86.